The Morgan fingerprint density at radius 1 is 1.57 bits per heavy atom. The third-order valence-electron chi connectivity index (χ3n) is 3.95. The van der Waals surface area contributed by atoms with Crippen molar-refractivity contribution in [1.29, 1.82) is 0 Å². The highest BCUT2D eigenvalue weighted by Crippen LogP contribution is 2.33. The first-order valence-electron chi connectivity index (χ1n) is 7.44. The molecule has 1 amide bonds. The van der Waals surface area contributed by atoms with E-state index in [-0.39, 0.29) is 17.9 Å². The Morgan fingerprint density at radius 2 is 2.33 bits per heavy atom. The van der Waals surface area contributed by atoms with Gasteiger partial charge in [-0.3, -0.25) is 4.79 Å². The number of aromatic nitrogens is 2. The van der Waals surface area contributed by atoms with Gasteiger partial charge in [-0.1, -0.05) is 19.0 Å². The molecule has 1 aromatic rings. The molecule has 0 spiro atoms. The molecule has 118 valence electrons. The van der Waals surface area contributed by atoms with E-state index in [4.69, 9.17) is 4.52 Å². The summed E-state index contributed by atoms with van der Waals surface area (Å²) in [7, 11) is 1.91. The van der Waals surface area contributed by atoms with Crippen LogP contribution in [-0.2, 0) is 11.2 Å². The van der Waals surface area contributed by atoms with E-state index < -0.39 is 0 Å². The first-order valence-corrected chi connectivity index (χ1v) is 8.60. The average molecular weight is 312 g/mol. The van der Waals surface area contributed by atoms with Gasteiger partial charge in [0, 0.05) is 24.1 Å². The van der Waals surface area contributed by atoms with Crippen molar-refractivity contribution in [3.05, 3.63) is 11.7 Å². The van der Waals surface area contributed by atoms with E-state index >= 15 is 0 Å². The van der Waals surface area contributed by atoms with E-state index in [1.54, 1.807) is 11.8 Å². The minimum Gasteiger partial charge on any atom is -0.337 e. The maximum atomic E-state index is 12.4. The number of thioether (sulfide) groups is 1. The molecule has 1 aliphatic heterocycles. The van der Waals surface area contributed by atoms with Gasteiger partial charge in [0.1, 0.15) is 6.04 Å². The first-order chi connectivity index (χ1) is 10.1. The van der Waals surface area contributed by atoms with E-state index in [9.17, 15) is 4.79 Å². The lowest BCUT2D eigenvalue weighted by Crippen LogP contribution is -2.35. The quantitative estimate of drug-likeness (QED) is 0.864. The van der Waals surface area contributed by atoms with E-state index in [1.165, 1.54) is 0 Å². The molecule has 1 aromatic heterocycles. The fraction of sp³-hybridized carbons (Fsp3) is 0.786. The van der Waals surface area contributed by atoms with Crippen LogP contribution in [-0.4, -0.2) is 45.7 Å². The van der Waals surface area contributed by atoms with Crippen molar-refractivity contribution in [2.75, 3.05) is 18.7 Å². The molecule has 3 unspecified atom stereocenters. The van der Waals surface area contributed by atoms with Crippen molar-refractivity contribution in [3.8, 4) is 0 Å². The maximum Gasteiger partial charge on any atom is 0.250 e. The van der Waals surface area contributed by atoms with Crippen LogP contribution in [0.15, 0.2) is 4.52 Å². The highest BCUT2D eigenvalue weighted by atomic mass is 32.2. The minimum atomic E-state index is -0.0809. The molecule has 1 saturated heterocycles. The predicted molar refractivity (Wildman–Crippen MR) is 82.9 cm³/mol. The number of hydrogen-bond donors (Lipinski definition) is 1. The van der Waals surface area contributed by atoms with Crippen LogP contribution in [0.1, 0.15) is 44.9 Å². The molecule has 3 atom stereocenters. The summed E-state index contributed by atoms with van der Waals surface area (Å²) in [5.41, 5.74) is 0. The minimum absolute atomic E-state index is 0.0397. The molecule has 21 heavy (non-hydrogen) atoms. The highest BCUT2D eigenvalue weighted by molar-refractivity contribution is 7.99. The van der Waals surface area contributed by atoms with E-state index in [1.807, 2.05) is 25.8 Å². The average Bonchev–Trinajstić information content (AvgIpc) is 3.13. The van der Waals surface area contributed by atoms with Gasteiger partial charge in [-0.05, 0) is 20.4 Å². The van der Waals surface area contributed by atoms with Crippen LogP contribution in [0.3, 0.4) is 0 Å². The highest BCUT2D eigenvalue weighted by Gasteiger charge is 2.35. The standard InChI is InChI=1S/C14H24N4O2S/c1-5-9(2)14(19)18-8-21-7-11(18)13-16-12(17-20-13)6-10(3)15-4/h9-11,15H,5-8H2,1-4H3. The van der Waals surface area contributed by atoms with E-state index in [0.29, 0.717) is 23.6 Å². The topological polar surface area (TPSA) is 71.3 Å². The molecule has 6 nitrogen and oxygen atoms in total. The molecule has 2 heterocycles. The van der Waals surface area contributed by atoms with Crippen molar-refractivity contribution in [2.24, 2.45) is 5.92 Å². The maximum absolute atomic E-state index is 12.4. The summed E-state index contributed by atoms with van der Waals surface area (Å²) < 4.78 is 5.39. The van der Waals surface area contributed by atoms with Gasteiger partial charge < -0.3 is 14.7 Å². The Labute approximate surface area is 130 Å². The SMILES string of the molecule is CCC(C)C(=O)N1CSCC1c1nc(CC(C)NC)no1. The second-order valence-corrected chi connectivity index (χ2v) is 6.58. The molecule has 0 aliphatic carbocycles. The second-order valence-electron chi connectivity index (χ2n) is 5.58. The van der Waals surface area contributed by atoms with E-state index in [0.717, 1.165) is 18.6 Å². The number of rotatable bonds is 6. The van der Waals surface area contributed by atoms with E-state index in [2.05, 4.69) is 22.4 Å². The van der Waals surface area contributed by atoms with Crippen LogP contribution < -0.4 is 5.32 Å². The van der Waals surface area contributed by atoms with Crippen LogP contribution in [0.25, 0.3) is 0 Å². The van der Waals surface area contributed by atoms with Crippen molar-refractivity contribution in [2.45, 2.75) is 45.7 Å². The first kappa shape index (κ1) is 16.3. The zero-order chi connectivity index (χ0) is 15.4. The lowest BCUT2D eigenvalue weighted by molar-refractivity contribution is -0.136. The van der Waals surface area contributed by atoms with Crippen molar-refractivity contribution in [1.82, 2.24) is 20.4 Å². The van der Waals surface area contributed by atoms with Crippen molar-refractivity contribution >= 4 is 17.7 Å². The Morgan fingerprint density at radius 3 is 3.00 bits per heavy atom. The summed E-state index contributed by atoms with van der Waals surface area (Å²) in [5, 5.41) is 7.19. The van der Waals surface area contributed by atoms with Gasteiger partial charge in [-0.25, -0.2) is 0 Å². The van der Waals surface area contributed by atoms with Gasteiger partial charge in [-0.2, -0.15) is 4.98 Å². The predicted octanol–water partition coefficient (Wildman–Crippen LogP) is 1.84. The van der Waals surface area contributed by atoms with Gasteiger partial charge in [-0.15, -0.1) is 11.8 Å². The van der Waals surface area contributed by atoms with Gasteiger partial charge >= 0.3 is 0 Å². The second kappa shape index (κ2) is 7.26. The number of carbonyl (C=O) groups excluding carboxylic acids is 1. The molecule has 1 fully saturated rings. The number of nitrogens with one attached hydrogen (secondary N) is 1. The molecule has 2 rings (SSSR count). The molecule has 1 aliphatic rings. The third-order valence-corrected chi connectivity index (χ3v) is 4.96. The smallest absolute Gasteiger partial charge is 0.250 e. The molecule has 0 radical (unpaired) electrons. The molecule has 0 saturated carbocycles. The fourth-order valence-electron chi connectivity index (χ4n) is 2.18. The van der Waals surface area contributed by atoms with Crippen LogP contribution in [0.5, 0.6) is 0 Å². The Bertz CT molecular complexity index is 479. The Kier molecular flexibility index (Phi) is 5.64. The third kappa shape index (κ3) is 3.77. The molecular weight excluding hydrogens is 288 g/mol. The molecule has 7 heteroatoms. The summed E-state index contributed by atoms with van der Waals surface area (Å²) >= 11 is 1.73. The molecule has 1 N–H and O–H groups in total. The normalized spacial score (nSPS) is 21.5. The Balaban J connectivity index is 2.08. The van der Waals surface area contributed by atoms with Gasteiger partial charge in [0.15, 0.2) is 5.82 Å². The monoisotopic (exact) mass is 312 g/mol. The zero-order valence-corrected chi connectivity index (χ0v) is 13.9. The molecule has 0 aromatic carbocycles. The van der Waals surface area contributed by atoms with Crippen molar-refractivity contribution in [3.63, 3.8) is 0 Å². The van der Waals surface area contributed by atoms with Gasteiger partial charge in [0.05, 0.1) is 5.88 Å². The van der Waals surface area contributed by atoms with Crippen LogP contribution in [0.2, 0.25) is 0 Å². The molecule has 0 bridgehead atoms. The summed E-state index contributed by atoms with van der Waals surface area (Å²) in [5.74, 6) is 3.01. The Hall–Kier alpha value is -1.08. The lowest BCUT2D eigenvalue weighted by atomic mass is 10.1. The summed E-state index contributed by atoms with van der Waals surface area (Å²) in [6.07, 6.45) is 1.57. The summed E-state index contributed by atoms with van der Waals surface area (Å²) in [6.45, 7) is 6.07. The van der Waals surface area contributed by atoms with Gasteiger partial charge in [0.25, 0.3) is 0 Å². The van der Waals surface area contributed by atoms with Crippen LogP contribution >= 0.6 is 11.8 Å². The largest absolute Gasteiger partial charge is 0.337 e. The number of carbonyl (C=O) groups is 1. The van der Waals surface area contributed by atoms with Crippen LogP contribution in [0.4, 0.5) is 0 Å². The number of hydrogen-bond acceptors (Lipinski definition) is 6. The summed E-state index contributed by atoms with van der Waals surface area (Å²) in [4.78, 5) is 18.7. The summed E-state index contributed by atoms with van der Waals surface area (Å²) in [6, 6.07) is 0.217. The number of nitrogens with zero attached hydrogens (tertiary/aromatic N) is 3. The fourth-order valence-corrected chi connectivity index (χ4v) is 3.34. The van der Waals surface area contributed by atoms with Gasteiger partial charge in [0.2, 0.25) is 11.8 Å². The lowest BCUT2D eigenvalue weighted by Gasteiger charge is -2.23. The number of amides is 1. The van der Waals surface area contributed by atoms with Crippen LogP contribution in [0, 0.1) is 5.92 Å². The number of likely N-dealkylation sites (N-methyl/N-ethyl adjacent to an activating group) is 1. The zero-order valence-electron chi connectivity index (χ0n) is 13.1. The van der Waals surface area contributed by atoms with Crippen molar-refractivity contribution < 1.29 is 9.32 Å². The molecular formula is C14H24N4O2S.